The lowest BCUT2D eigenvalue weighted by Crippen LogP contribution is -2.52. The molecule has 7 heteroatoms. The van der Waals surface area contributed by atoms with E-state index in [-0.39, 0.29) is 24.1 Å². The molecule has 3 unspecified atom stereocenters. The molecule has 5 rings (SSSR count). The number of piperidine rings is 2. The van der Waals surface area contributed by atoms with Crippen molar-refractivity contribution in [1.29, 1.82) is 0 Å². The highest BCUT2D eigenvalue weighted by Crippen LogP contribution is 2.30. The van der Waals surface area contributed by atoms with Crippen LogP contribution in [0.1, 0.15) is 47.2 Å². The second kappa shape index (κ2) is 6.97. The molecule has 0 spiro atoms. The molecule has 2 N–H and O–H groups in total. The van der Waals surface area contributed by atoms with Gasteiger partial charge < -0.3 is 10.2 Å². The van der Waals surface area contributed by atoms with Crippen molar-refractivity contribution in [3.63, 3.8) is 0 Å². The van der Waals surface area contributed by atoms with Gasteiger partial charge in [-0.05, 0) is 55.5 Å². The van der Waals surface area contributed by atoms with Crippen molar-refractivity contribution < 1.29 is 14.4 Å². The topological polar surface area (TPSA) is 81.8 Å². The van der Waals surface area contributed by atoms with Crippen LogP contribution in [0, 0.1) is 5.92 Å². The molecule has 0 aromatic heterocycles. The average Bonchev–Trinajstić information content (AvgIpc) is 3.26. The number of amides is 3. The van der Waals surface area contributed by atoms with Crippen LogP contribution in [0.3, 0.4) is 0 Å². The third kappa shape index (κ3) is 3.12. The van der Waals surface area contributed by atoms with Gasteiger partial charge in [-0.2, -0.15) is 0 Å². The van der Waals surface area contributed by atoms with E-state index in [0.717, 1.165) is 37.7 Å². The van der Waals surface area contributed by atoms with Gasteiger partial charge in [-0.25, -0.2) is 0 Å². The zero-order valence-corrected chi connectivity index (χ0v) is 15.9. The molecule has 28 heavy (non-hydrogen) atoms. The number of carbonyl (C=O) groups is 3. The Bertz CT molecular complexity index is 839. The van der Waals surface area contributed by atoms with Crippen LogP contribution < -0.4 is 10.6 Å². The van der Waals surface area contributed by atoms with Crippen molar-refractivity contribution in [1.82, 2.24) is 20.4 Å². The number of benzene rings is 1. The lowest BCUT2D eigenvalue weighted by atomic mass is 9.92. The molecule has 3 atom stereocenters. The zero-order chi connectivity index (χ0) is 19.3. The van der Waals surface area contributed by atoms with Crippen LogP contribution in [0.5, 0.6) is 0 Å². The highest BCUT2D eigenvalue weighted by Gasteiger charge is 2.39. The molecule has 3 amide bonds. The van der Waals surface area contributed by atoms with E-state index >= 15 is 0 Å². The van der Waals surface area contributed by atoms with E-state index in [1.165, 1.54) is 18.4 Å². The first-order valence-corrected chi connectivity index (χ1v) is 10.3. The number of nitrogens with zero attached hydrogens (tertiary/aromatic N) is 2. The smallest absolute Gasteiger partial charge is 0.255 e. The molecule has 0 radical (unpaired) electrons. The van der Waals surface area contributed by atoms with Gasteiger partial charge in [0.15, 0.2) is 0 Å². The summed E-state index contributed by atoms with van der Waals surface area (Å²) in [6.07, 6.45) is 3.24. The quantitative estimate of drug-likeness (QED) is 0.750. The van der Waals surface area contributed by atoms with E-state index in [4.69, 9.17) is 0 Å². The van der Waals surface area contributed by atoms with Crippen molar-refractivity contribution in [2.75, 3.05) is 19.6 Å². The predicted octanol–water partition coefficient (Wildman–Crippen LogP) is 0.631. The van der Waals surface area contributed by atoms with Crippen LogP contribution in [-0.4, -0.2) is 59.2 Å². The number of likely N-dealkylation sites (tertiary alicyclic amines) is 1. The first-order chi connectivity index (χ1) is 13.6. The Kier molecular flexibility index (Phi) is 4.44. The molecule has 7 nitrogen and oxygen atoms in total. The molecule has 4 aliphatic heterocycles. The molecule has 148 valence electrons. The minimum atomic E-state index is -0.548. The first kappa shape index (κ1) is 17.8. The van der Waals surface area contributed by atoms with E-state index in [2.05, 4.69) is 21.6 Å². The van der Waals surface area contributed by atoms with Crippen LogP contribution >= 0.6 is 0 Å². The Balaban J connectivity index is 1.28. The third-order valence-corrected chi connectivity index (χ3v) is 6.76. The van der Waals surface area contributed by atoms with Gasteiger partial charge in [-0.1, -0.05) is 12.1 Å². The molecule has 1 aromatic rings. The molecule has 0 aliphatic carbocycles. The minimum Gasteiger partial charge on any atom is -0.322 e. The van der Waals surface area contributed by atoms with Crippen molar-refractivity contribution in [2.45, 2.75) is 50.9 Å². The van der Waals surface area contributed by atoms with Gasteiger partial charge in [-0.15, -0.1) is 0 Å². The summed E-state index contributed by atoms with van der Waals surface area (Å²) in [7, 11) is 0. The molecule has 3 saturated heterocycles. The maximum atomic E-state index is 12.8. The fourth-order valence-electron chi connectivity index (χ4n) is 5.23. The summed E-state index contributed by atoms with van der Waals surface area (Å²) in [5, 5.41) is 5.97. The maximum Gasteiger partial charge on any atom is 0.255 e. The monoisotopic (exact) mass is 382 g/mol. The van der Waals surface area contributed by atoms with Gasteiger partial charge >= 0.3 is 0 Å². The van der Waals surface area contributed by atoms with Crippen LogP contribution in [0.15, 0.2) is 18.2 Å². The molecular weight excluding hydrogens is 356 g/mol. The number of imide groups is 1. The summed E-state index contributed by atoms with van der Waals surface area (Å²) in [4.78, 5) is 40.5. The largest absolute Gasteiger partial charge is 0.322 e. The van der Waals surface area contributed by atoms with Crippen molar-refractivity contribution in [3.8, 4) is 0 Å². The van der Waals surface area contributed by atoms with Gasteiger partial charge in [0.2, 0.25) is 11.8 Å². The summed E-state index contributed by atoms with van der Waals surface area (Å²) in [6, 6.07) is 6.13. The molecule has 4 heterocycles. The summed E-state index contributed by atoms with van der Waals surface area (Å²) in [5.41, 5.74) is 2.89. The zero-order valence-electron chi connectivity index (χ0n) is 15.9. The number of hydrogen-bond donors (Lipinski definition) is 2. The van der Waals surface area contributed by atoms with Crippen LogP contribution in [0.4, 0.5) is 0 Å². The number of hydrogen-bond acceptors (Lipinski definition) is 5. The van der Waals surface area contributed by atoms with E-state index in [1.54, 1.807) is 4.90 Å². The predicted molar refractivity (Wildman–Crippen MR) is 102 cm³/mol. The first-order valence-electron chi connectivity index (χ1n) is 10.3. The van der Waals surface area contributed by atoms with Crippen LogP contribution in [-0.2, 0) is 22.7 Å². The Morgan fingerprint density at radius 1 is 1.11 bits per heavy atom. The van der Waals surface area contributed by atoms with Gasteiger partial charge in [0.25, 0.3) is 5.91 Å². The van der Waals surface area contributed by atoms with Gasteiger partial charge in [0.05, 0.1) is 0 Å². The summed E-state index contributed by atoms with van der Waals surface area (Å²) < 4.78 is 0. The van der Waals surface area contributed by atoms with E-state index in [1.807, 2.05) is 12.1 Å². The van der Waals surface area contributed by atoms with Crippen LogP contribution in [0.25, 0.3) is 0 Å². The standard InChI is InChI=1S/C21H26N4O3/c26-19-4-3-18(20(27)23-19)25-11-15-9-13(1-2-16(15)21(25)28)10-24-8-6-14-5-7-22-17(14)12-24/h1-2,9,14,17-18,22H,3-8,10-12H2,(H,23,26,27). The maximum absolute atomic E-state index is 12.8. The Morgan fingerprint density at radius 2 is 2.00 bits per heavy atom. The molecule has 3 fully saturated rings. The Hall–Kier alpha value is -2.25. The minimum absolute atomic E-state index is 0.105. The number of nitrogens with one attached hydrogen (secondary N) is 2. The van der Waals surface area contributed by atoms with E-state index in [0.29, 0.717) is 24.6 Å². The lowest BCUT2D eigenvalue weighted by Gasteiger charge is -2.35. The number of rotatable bonds is 3. The third-order valence-electron chi connectivity index (χ3n) is 6.76. The fourth-order valence-corrected chi connectivity index (χ4v) is 5.23. The van der Waals surface area contributed by atoms with E-state index in [9.17, 15) is 14.4 Å². The second-order valence-corrected chi connectivity index (χ2v) is 8.52. The molecule has 0 saturated carbocycles. The van der Waals surface area contributed by atoms with E-state index < -0.39 is 6.04 Å². The average molecular weight is 382 g/mol. The normalized spacial score (nSPS) is 30.4. The number of fused-ring (bicyclic) bond motifs is 2. The molecule has 4 aliphatic rings. The van der Waals surface area contributed by atoms with Gasteiger partial charge in [0, 0.05) is 37.7 Å². The van der Waals surface area contributed by atoms with Crippen molar-refractivity contribution in [2.24, 2.45) is 5.92 Å². The lowest BCUT2D eigenvalue weighted by molar-refractivity contribution is -0.136. The number of carbonyl (C=O) groups excluding carboxylic acids is 3. The van der Waals surface area contributed by atoms with Gasteiger partial charge in [-0.3, -0.25) is 24.6 Å². The highest BCUT2D eigenvalue weighted by molar-refractivity contribution is 6.05. The SMILES string of the molecule is O=C1CCC(N2Cc3cc(CN4CCC5CCNC5C4)ccc3C2=O)C(=O)N1. The van der Waals surface area contributed by atoms with Gasteiger partial charge in [0.1, 0.15) is 6.04 Å². The summed E-state index contributed by atoms with van der Waals surface area (Å²) >= 11 is 0. The Morgan fingerprint density at radius 3 is 2.86 bits per heavy atom. The summed E-state index contributed by atoms with van der Waals surface area (Å²) in [6.45, 7) is 4.69. The molecule has 1 aromatic carbocycles. The molecular formula is C21H26N4O3. The Labute approximate surface area is 164 Å². The molecule has 0 bridgehead atoms. The van der Waals surface area contributed by atoms with Crippen molar-refractivity contribution in [3.05, 3.63) is 34.9 Å². The van der Waals surface area contributed by atoms with Crippen LogP contribution in [0.2, 0.25) is 0 Å². The fraction of sp³-hybridized carbons (Fsp3) is 0.571. The van der Waals surface area contributed by atoms with Crippen molar-refractivity contribution >= 4 is 17.7 Å². The highest BCUT2D eigenvalue weighted by atomic mass is 16.2. The summed E-state index contributed by atoms with van der Waals surface area (Å²) in [5.74, 6) is 0.112. The second-order valence-electron chi connectivity index (χ2n) is 8.52.